The molecule has 2 rings (SSSR count). The van der Waals surface area contributed by atoms with Gasteiger partial charge in [-0.2, -0.15) is 13.2 Å². The van der Waals surface area contributed by atoms with Crippen LogP contribution >= 0.6 is 0 Å². The van der Waals surface area contributed by atoms with Gasteiger partial charge >= 0.3 is 18.2 Å². The highest BCUT2D eigenvalue weighted by atomic mass is 19.4. The summed E-state index contributed by atoms with van der Waals surface area (Å²) < 4.78 is 49.6. The van der Waals surface area contributed by atoms with Crippen molar-refractivity contribution in [2.24, 2.45) is 5.41 Å². The van der Waals surface area contributed by atoms with Crippen molar-refractivity contribution in [1.29, 1.82) is 0 Å². The molecular formula is C18H29F3N2O4. The molecule has 1 saturated carbocycles. The van der Waals surface area contributed by atoms with E-state index in [9.17, 15) is 22.8 Å². The summed E-state index contributed by atoms with van der Waals surface area (Å²) in [6.45, 7) is 6.28. The van der Waals surface area contributed by atoms with Crippen molar-refractivity contribution in [1.82, 2.24) is 9.80 Å². The number of carbonyl (C=O) groups is 2. The SMILES string of the molecule is COCC1(CN(C(=O)C(F)(F)F)C2CC2)CCN(C(=O)OC(C)(C)C)CC1. The first kappa shape index (κ1) is 21.8. The van der Waals surface area contributed by atoms with Gasteiger partial charge in [0.1, 0.15) is 5.60 Å². The summed E-state index contributed by atoms with van der Waals surface area (Å²) in [6.07, 6.45) is -3.22. The molecule has 0 aromatic rings. The summed E-state index contributed by atoms with van der Waals surface area (Å²) in [7, 11) is 1.50. The van der Waals surface area contributed by atoms with E-state index in [0.717, 1.165) is 4.90 Å². The van der Waals surface area contributed by atoms with Crippen LogP contribution in [0.15, 0.2) is 0 Å². The summed E-state index contributed by atoms with van der Waals surface area (Å²) in [4.78, 5) is 26.6. The Bertz CT molecular complexity index is 548. The zero-order chi connectivity index (χ0) is 20.5. The van der Waals surface area contributed by atoms with E-state index in [1.54, 1.807) is 25.7 Å². The van der Waals surface area contributed by atoms with Crippen molar-refractivity contribution >= 4 is 12.0 Å². The van der Waals surface area contributed by atoms with E-state index >= 15 is 0 Å². The lowest BCUT2D eigenvalue weighted by atomic mass is 9.78. The van der Waals surface area contributed by atoms with Crippen LogP contribution in [-0.4, -0.2) is 73.0 Å². The van der Waals surface area contributed by atoms with Crippen molar-refractivity contribution in [3.8, 4) is 0 Å². The van der Waals surface area contributed by atoms with Crippen molar-refractivity contribution in [3.05, 3.63) is 0 Å². The van der Waals surface area contributed by atoms with Crippen LogP contribution in [-0.2, 0) is 14.3 Å². The molecule has 1 heterocycles. The summed E-state index contributed by atoms with van der Waals surface area (Å²) in [6, 6.07) is -0.350. The highest BCUT2D eigenvalue weighted by Gasteiger charge is 2.50. The van der Waals surface area contributed by atoms with Crippen LogP contribution in [0.1, 0.15) is 46.5 Å². The van der Waals surface area contributed by atoms with Gasteiger partial charge in [0.15, 0.2) is 0 Å². The zero-order valence-corrected chi connectivity index (χ0v) is 16.4. The minimum Gasteiger partial charge on any atom is -0.444 e. The zero-order valence-electron chi connectivity index (χ0n) is 16.4. The summed E-state index contributed by atoms with van der Waals surface area (Å²) in [5.41, 5.74) is -1.21. The van der Waals surface area contributed by atoms with Gasteiger partial charge in [-0.3, -0.25) is 4.79 Å². The molecule has 0 atom stereocenters. The van der Waals surface area contributed by atoms with E-state index < -0.39 is 29.2 Å². The quantitative estimate of drug-likeness (QED) is 0.719. The third-order valence-corrected chi connectivity index (χ3v) is 4.92. The highest BCUT2D eigenvalue weighted by molar-refractivity contribution is 5.82. The lowest BCUT2D eigenvalue weighted by molar-refractivity contribution is -0.188. The third kappa shape index (κ3) is 5.99. The number of likely N-dealkylation sites (tertiary alicyclic amines) is 1. The van der Waals surface area contributed by atoms with Crippen LogP contribution < -0.4 is 0 Å². The Morgan fingerprint density at radius 1 is 1.15 bits per heavy atom. The molecule has 1 saturated heterocycles. The monoisotopic (exact) mass is 394 g/mol. The van der Waals surface area contributed by atoms with Crippen LogP contribution in [0.25, 0.3) is 0 Å². The minimum absolute atomic E-state index is 0.00793. The van der Waals surface area contributed by atoms with Crippen molar-refractivity contribution in [2.75, 3.05) is 33.4 Å². The Balaban J connectivity index is 2.06. The summed E-state index contributed by atoms with van der Waals surface area (Å²) in [5.74, 6) is -1.78. The summed E-state index contributed by atoms with van der Waals surface area (Å²) in [5, 5.41) is 0. The molecule has 27 heavy (non-hydrogen) atoms. The van der Waals surface area contributed by atoms with Crippen molar-refractivity contribution in [3.63, 3.8) is 0 Å². The number of hydrogen-bond donors (Lipinski definition) is 0. The lowest BCUT2D eigenvalue weighted by Crippen LogP contribution is -2.54. The molecule has 2 aliphatic rings. The van der Waals surface area contributed by atoms with Gasteiger partial charge in [0, 0.05) is 38.2 Å². The van der Waals surface area contributed by atoms with E-state index in [1.165, 1.54) is 7.11 Å². The van der Waals surface area contributed by atoms with Crippen molar-refractivity contribution in [2.45, 2.75) is 64.3 Å². The molecule has 6 nitrogen and oxygen atoms in total. The van der Waals surface area contributed by atoms with Gasteiger partial charge in [-0.1, -0.05) is 0 Å². The van der Waals surface area contributed by atoms with Crippen LogP contribution in [0.5, 0.6) is 0 Å². The number of methoxy groups -OCH3 is 1. The minimum atomic E-state index is -4.88. The first-order valence-electron chi connectivity index (χ1n) is 9.22. The molecule has 9 heteroatoms. The predicted octanol–water partition coefficient (Wildman–Crippen LogP) is 3.20. The second-order valence-electron chi connectivity index (χ2n) is 8.56. The Labute approximate surface area is 157 Å². The average molecular weight is 394 g/mol. The number of carbonyl (C=O) groups excluding carboxylic acids is 2. The molecule has 0 unspecified atom stereocenters. The van der Waals surface area contributed by atoms with E-state index in [4.69, 9.17) is 9.47 Å². The number of alkyl halides is 3. The van der Waals surface area contributed by atoms with E-state index in [2.05, 4.69) is 0 Å². The van der Waals surface area contributed by atoms with E-state index in [1.807, 2.05) is 0 Å². The van der Waals surface area contributed by atoms with Gasteiger partial charge in [-0.15, -0.1) is 0 Å². The number of nitrogens with zero attached hydrogens (tertiary/aromatic N) is 2. The molecule has 0 radical (unpaired) electrons. The Morgan fingerprint density at radius 3 is 2.11 bits per heavy atom. The maximum absolute atomic E-state index is 13.0. The Hall–Kier alpha value is -1.51. The van der Waals surface area contributed by atoms with Gasteiger partial charge in [-0.05, 0) is 46.5 Å². The molecule has 1 aliphatic heterocycles. The third-order valence-electron chi connectivity index (χ3n) is 4.92. The maximum atomic E-state index is 13.0. The Kier molecular flexibility index (Phi) is 6.33. The molecule has 2 amide bonds. The predicted molar refractivity (Wildman–Crippen MR) is 92.1 cm³/mol. The molecule has 0 spiro atoms. The topological polar surface area (TPSA) is 59.1 Å². The fraction of sp³-hybridized carbons (Fsp3) is 0.889. The maximum Gasteiger partial charge on any atom is 0.471 e. The van der Waals surface area contributed by atoms with Crippen LogP contribution in [0.3, 0.4) is 0 Å². The molecule has 2 fully saturated rings. The van der Waals surface area contributed by atoms with Crippen LogP contribution in [0, 0.1) is 5.41 Å². The van der Waals surface area contributed by atoms with Crippen molar-refractivity contribution < 1.29 is 32.2 Å². The fourth-order valence-corrected chi connectivity index (χ4v) is 3.42. The lowest BCUT2D eigenvalue weighted by Gasteiger charge is -2.44. The molecular weight excluding hydrogens is 365 g/mol. The number of halogens is 3. The smallest absolute Gasteiger partial charge is 0.444 e. The normalized spacial score (nSPS) is 20.3. The molecule has 1 aliphatic carbocycles. The second kappa shape index (κ2) is 7.85. The van der Waals surface area contributed by atoms with Gasteiger partial charge in [0.05, 0.1) is 6.61 Å². The number of hydrogen-bond acceptors (Lipinski definition) is 4. The van der Waals surface area contributed by atoms with Crippen LogP contribution in [0.2, 0.25) is 0 Å². The second-order valence-corrected chi connectivity index (χ2v) is 8.56. The molecule has 0 aromatic heterocycles. The summed E-state index contributed by atoms with van der Waals surface area (Å²) >= 11 is 0. The molecule has 0 aromatic carbocycles. The van der Waals surface area contributed by atoms with E-state index in [0.29, 0.717) is 38.8 Å². The van der Waals surface area contributed by atoms with Gasteiger partial charge in [-0.25, -0.2) is 4.79 Å². The number of ether oxygens (including phenoxy) is 2. The standard InChI is InChI=1S/C18H29F3N2O4/c1-16(2,3)27-15(25)22-9-7-17(8-10-22,12-26-4)11-23(13-5-6-13)14(24)18(19,20)21/h13H,5-12H2,1-4H3. The number of rotatable bonds is 5. The Morgan fingerprint density at radius 2 is 1.70 bits per heavy atom. The molecule has 0 N–H and O–H groups in total. The van der Waals surface area contributed by atoms with Gasteiger partial charge < -0.3 is 19.3 Å². The first-order chi connectivity index (χ1) is 12.4. The van der Waals surface area contributed by atoms with Crippen LogP contribution in [0.4, 0.5) is 18.0 Å². The number of amides is 2. The average Bonchev–Trinajstić information content (AvgIpc) is 3.35. The molecule has 156 valence electrons. The van der Waals surface area contributed by atoms with E-state index in [-0.39, 0.29) is 19.2 Å². The fourth-order valence-electron chi connectivity index (χ4n) is 3.42. The number of piperidine rings is 1. The first-order valence-corrected chi connectivity index (χ1v) is 9.22. The van der Waals surface area contributed by atoms with Gasteiger partial charge in [0.2, 0.25) is 0 Å². The molecule has 0 bridgehead atoms. The van der Waals surface area contributed by atoms with Gasteiger partial charge in [0.25, 0.3) is 0 Å². The largest absolute Gasteiger partial charge is 0.471 e. The highest BCUT2D eigenvalue weighted by Crippen LogP contribution is 2.39.